The minimum absolute atomic E-state index is 0.591. The zero-order valence-corrected chi connectivity index (χ0v) is 10.3. The van der Waals surface area contributed by atoms with Gasteiger partial charge in [-0.1, -0.05) is 0 Å². The van der Waals surface area contributed by atoms with Crippen LogP contribution >= 0.6 is 0 Å². The highest BCUT2D eigenvalue weighted by molar-refractivity contribution is 7.85. The molecule has 1 aliphatic heterocycles. The fraction of sp³-hybridized carbons (Fsp3) is 0.545. The Labute approximate surface area is 98.5 Å². The van der Waals surface area contributed by atoms with Gasteiger partial charge in [0.2, 0.25) is 0 Å². The van der Waals surface area contributed by atoms with Crippen LogP contribution < -0.4 is 5.32 Å². The summed E-state index contributed by atoms with van der Waals surface area (Å²) in [5.74, 6) is 2.52. The van der Waals surface area contributed by atoms with Crippen molar-refractivity contribution in [1.29, 1.82) is 0 Å². The SMILES string of the molecule is CNc1cc(CN2CCS(=O)CC2)ccn1. The van der Waals surface area contributed by atoms with Crippen molar-refractivity contribution in [2.75, 3.05) is 37.0 Å². The summed E-state index contributed by atoms with van der Waals surface area (Å²) in [6.07, 6.45) is 1.82. The average Bonchev–Trinajstić information content (AvgIpc) is 2.32. The molecule has 0 spiro atoms. The number of nitrogens with zero attached hydrogens (tertiary/aromatic N) is 2. The van der Waals surface area contributed by atoms with Gasteiger partial charge < -0.3 is 5.32 Å². The second kappa shape index (κ2) is 5.41. The Morgan fingerprint density at radius 3 is 2.94 bits per heavy atom. The third kappa shape index (κ3) is 3.02. The van der Waals surface area contributed by atoms with Crippen LogP contribution in [-0.2, 0) is 17.3 Å². The molecule has 0 aromatic carbocycles. The molecule has 4 nitrogen and oxygen atoms in total. The molecule has 0 unspecified atom stereocenters. The Kier molecular flexibility index (Phi) is 3.90. The number of anilines is 1. The molecule has 88 valence electrons. The van der Waals surface area contributed by atoms with Crippen LogP contribution in [0.15, 0.2) is 18.3 Å². The summed E-state index contributed by atoms with van der Waals surface area (Å²) in [5.41, 5.74) is 1.26. The molecule has 0 saturated carbocycles. The minimum Gasteiger partial charge on any atom is -0.373 e. The molecule has 0 radical (unpaired) electrons. The van der Waals surface area contributed by atoms with E-state index in [1.165, 1.54) is 5.56 Å². The van der Waals surface area contributed by atoms with Gasteiger partial charge >= 0.3 is 0 Å². The Balaban J connectivity index is 1.95. The van der Waals surface area contributed by atoms with Crippen LogP contribution in [0.5, 0.6) is 0 Å². The lowest BCUT2D eigenvalue weighted by molar-refractivity contribution is 0.291. The predicted octanol–water partition coefficient (Wildman–Crippen LogP) is 0.688. The van der Waals surface area contributed by atoms with Crippen molar-refractivity contribution in [2.24, 2.45) is 0 Å². The van der Waals surface area contributed by atoms with Gasteiger partial charge in [0.1, 0.15) is 5.82 Å². The van der Waals surface area contributed by atoms with E-state index in [9.17, 15) is 4.21 Å². The Morgan fingerprint density at radius 2 is 2.25 bits per heavy atom. The number of hydrogen-bond acceptors (Lipinski definition) is 4. The topological polar surface area (TPSA) is 45.2 Å². The lowest BCUT2D eigenvalue weighted by atomic mass is 10.2. The monoisotopic (exact) mass is 239 g/mol. The molecule has 1 fully saturated rings. The largest absolute Gasteiger partial charge is 0.373 e. The summed E-state index contributed by atoms with van der Waals surface area (Å²) in [4.78, 5) is 6.53. The van der Waals surface area contributed by atoms with Crippen molar-refractivity contribution in [3.8, 4) is 0 Å². The van der Waals surface area contributed by atoms with Crippen molar-refractivity contribution in [1.82, 2.24) is 9.88 Å². The van der Waals surface area contributed by atoms with Crippen LogP contribution in [0.4, 0.5) is 5.82 Å². The van der Waals surface area contributed by atoms with Crippen molar-refractivity contribution >= 4 is 16.6 Å². The van der Waals surface area contributed by atoms with Crippen LogP contribution in [0.25, 0.3) is 0 Å². The predicted molar refractivity (Wildman–Crippen MR) is 66.9 cm³/mol. The van der Waals surface area contributed by atoms with E-state index in [0.29, 0.717) is 0 Å². The first-order chi connectivity index (χ1) is 7.78. The quantitative estimate of drug-likeness (QED) is 0.843. The molecule has 16 heavy (non-hydrogen) atoms. The van der Waals surface area contributed by atoms with E-state index < -0.39 is 10.8 Å². The number of aromatic nitrogens is 1. The summed E-state index contributed by atoms with van der Waals surface area (Å²) in [6.45, 7) is 2.79. The van der Waals surface area contributed by atoms with E-state index in [-0.39, 0.29) is 0 Å². The van der Waals surface area contributed by atoms with Crippen LogP contribution in [0.1, 0.15) is 5.56 Å². The fourth-order valence-electron chi connectivity index (χ4n) is 1.80. The van der Waals surface area contributed by atoms with E-state index in [0.717, 1.165) is 37.0 Å². The van der Waals surface area contributed by atoms with Crippen molar-refractivity contribution in [2.45, 2.75) is 6.54 Å². The van der Waals surface area contributed by atoms with E-state index in [1.807, 2.05) is 19.3 Å². The molecule has 1 aliphatic rings. The van der Waals surface area contributed by atoms with Gasteiger partial charge in [-0.3, -0.25) is 9.11 Å². The molecule has 2 rings (SSSR count). The molecule has 1 aromatic rings. The molecule has 5 heteroatoms. The van der Waals surface area contributed by atoms with E-state index in [4.69, 9.17) is 0 Å². The molecule has 0 bridgehead atoms. The molecule has 0 aliphatic carbocycles. The highest BCUT2D eigenvalue weighted by atomic mass is 32.2. The minimum atomic E-state index is -0.591. The number of hydrogen-bond donors (Lipinski definition) is 1. The van der Waals surface area contributed by atoms with Gasteiger partial charge in [0.25, 0.3) is 0 Å². The zero-order valence-electron chi connectivity index (χ0n) is 9.48. The molecule has 0 atom stereocenters. The van der Waals surface area contributed by atoms with E-state index in [1.54, 1.807) is 0 Å². The summed E-state index contributed by atoms with van der Waals surface area (Å²) in [7, 11) is 1.28. The zero-order chi connectivity index (χ0) is 11.4. The van der Waals surface area contributed by atoms with Gasteiger partial charge in [-0.25, -0.2) is 4.98 Å². The number of nitrogens with one attached hydrogen (secondary N) is 1. The summed E-state index contributed by atoms with van der Waals surface area (Å²) in [6, 6.07) is 4.10. The number of pyridine rings is 1. The van der Waals surface area contributed by atoms with Crippen LogP contribution in [0, 0.1) is 0 Å². The van der Waals surface area contributed by atoms with Gasteiger partial charge in [0, 0.05) is 55.2 Å². The molecule has 1 aromatic heterocycles. The van der Waals surface area contributed by atoms with Crippen LogP contribution in [-0.4, -0.2) is 45.7 Å². The Hall–Kier alpha value is -0.940. The second-order valence-electron chi connectivity index (χ2n) is 3.92. The molecule has 2 heterocycles. The lowest BCUT2D eigenvalue weighted by Gasteiger charge is -2.26. The maximum atomic E-state index is 11.2. The fourth-order valence-corrected chi connectivity index (χ4v) is 2.93. The van der Waals surface area contributed by atoms with Gasteiger partial charge in [-0.15, -0.1) is 0 Å². The normalized spacial score (nSPS) is 18.6. The summed E-state index contributed by atoms with van der Waals surface area (Å²) in [5, 5.41) is 3.03. The molecular weight excluding hydrogens is 222 g/mol. The van der Waals surface area contributed by atoms with Crippen molar-refractivity contribution in [3.05, 3.63) is 23.9 Å². The third-order valence-electron chi connectivity index (χ3n) is 2.76. The van der Waals surface area contributed by atoms with Gasteiger partial charge in [-0.05, 0) is 17.7 Å². The smallest absolute Gasteiger partial charge is 0.125 e. The highest BCUT2D eigenvalue weighted by Crippen LogP contribution is 2.10. The highest BCUT2D eigenvalue weighted by Gasteiger charge is 2.15. The maximum absolute atomic E-state index is 11.2. The first-order valence-electron chi connectivity index (χ1n) is 5.48. The van der Waals surface area contributed by atoms with Crippen molar-refractivity contribution in [3.63, 3.8) is 0 Å². The Morgan fingerprint density at radius 1 is 1.50 bits per heavy atom. The molecule has 0 amide bonds. The molecule has 1 saturated heterocycles. The van der Waals surface area contributed by atoms with Gasteiger partial charge in [0.15, 0.2) is 0 Å². The lowest BCUT2D eigenvalue weighted by Crippen LogP contribution is -2.37. The van der Waals surface area contributed by atoms with E-state index >= 15 is 0 Å². The standard InChI is InChI=1S/C11H17N3OS/c1-12-11-8-10(2-3-13-11)9-14-4-6-16(15)7-5-14/h2-3,8H,4-7,9H2,1H3,(H,12,13). The summed E-state index contributed by atoms with van der Waals surface area (Å²) < 4.78 is 11.2. The Bertz CT molecular complexity index is 373. The van der Waals surface area contributed by atoms with Gasteiger partial charge in [0.05, 0.1) is 0 Å². The molecule has 1 N–H and O–H groups in total. The van der Waals surface area contributed by atoms with E-state index in [2.05, 4.69) is 21.3 Å². The number of rotatable bonds is 3. The van der Waals surface area contributed by atoms with Crippen LogP contribution in [0.3, 0.4) is 0 Å². The first-order valence-corrected chi connectivity index (χ1v) is 6.97. The average molecular weight is 239 g/mol. The van der Waals surface area contributed by atoms with Gasteiger partial charge in [-0.2, -0.15) is 0 Å². The van der Waals surface area contributed by atoms with Crippen molar-refractivity contribution < 1.29 is 4.21 Å². The van der Waals surface area contributed by atoms with Crippen LogP contribution in [0.2, 0.25) is 0 Å². The molecular formula is C11H17N3OS. The third-order valence-corrected chi connectivity index (χ3v) is 4.03. The summed E-state index contributed by atoms with van der Waals surface area (Å²) >= 11 is 0. The maximum Gasteiger partial charge on any atom is 0.125 e. The first kappa shape index (κ1) is 11.5. The second-order valence-corrected chi connectivity index (χ2v) is 5.62.